The molecule has 0 fully saturated rings. The number of rotatable bonds is 10. The van der Waals surface area contributed by atoms with Gasteiger partial charge in [0.15, 0.2) is 0 Å². The summed E-state index contributed by atoms with van der Waals surface area (Å²) < 4.78 is 5.60. The normalized spacial score (nSPS) is 15.1. The van der Waals surface area contributed by atoms with Gasteiger partial charge in [0.25, 0.3) is 0 Å². The summed E-state index contributed by atoms with van der Waals surface area (Å²) in [5.74, 6) is 0.714. The molecule has 5 heteroatoms. The maximum absolute atomic E-state index is 10.8. The highest BCUT2D eigenvalue weighted by Crippen LogP contribution is 2.32. The third-order valence-electron chi connectivity index (χ3n) is 4.92. The number of aliphatic hydroxyl groups excluding tert-OH is 3. The molecule has 0 spiro atoms. The van der Waals surface area contributed by atoms with Crippen LogP contribution in [-0.2, 0) is 6.61 Å². The van der Waals surface area contributed by atoms with Crippen molar-refractivity contribution < 1.29 is 19.7 Å². The van der Waals surface area contributed by atoms with Crippen LogP contribution in [0.1, 0.15) is 40.9 Å². The predicted molar refractivity (Wildman–Crippen MR) is 117 cm³/mol. The van der Waals surface area contributed by atoms with E-state index in [-0.39, 0.29) is 6.61 Å². The van der Waals surface area contributed by atoms with Crippen LogP contribution in [0.2, 0.25) is 0 Å². The van der Waals surface area contributed by atoms with Crippen LogP contribution in [0, 0.1) is 5.92 Å². The fourth-order valence-corrected chi connectivity index (χ4v) is 4.09. The highest BCUT2D eigenvalue weighted by molar-refractivity contribution is 7.10. The number of aliphatic hydroxyl groups is 3. The Hall–Kier alpha value is -2.44. The Bertz CT molecular complexity index is 912. The molecule has 0 unspecified atom stereocenters. The smallest absolute Gasteiger partial charge is 0.130 e. The molecule has 152 valence electrons. The second kappa shape index (κ2) is 10.4. The molecule has 4 nitrogen and oxygen atoms in total. The Morgan fingerprint density at radius 2 is 1.86 bits per heavy atom. The van der Waals surface area contributed by atoms with Gasteiger partial charge in [0.1, 0.15) is 18.1 Å². The molecule has 29 heavy (non-hydrogen) atoms. The quantitative estimate of drug-likeness (QED) is 0.409. The Morgan fingerprint density at radius 3 is 2.48 bits per heavy atom. The van der Waals surface area contributed by atoms with Gasteiger partial charge >= 0.3 is 0 Å². The molecule has 3 aromatic rings. The molecule has 2 aromatic heterocycles. The van der Waals surface area contributed by atoms with E-state index >= 15 is 0 Å². The molecule has 0 radical (unpaired) electrons. The van der Waals surface area contributed by atoms with Crippen molar-refractivity contribution in [3.63, 3.8) is 0 Å². The molecule has 3 atom stereocenters. The SMILES string of the molecule is C=C[C@H]([C@H](O)CC/C(=C/c1ccc(CO)o1)c1ccccc1)[C@H](O)c1cccs1. The summed E-state index contributed by atoms with van der Waals surface area (Å²) in [5.41, 5.74) is 2.05. The van der Waals surface area contributed by atoms with E-state index in [9.17, 15) is 15.3 Å². The second-order valence-corrected chi connectivity index (χ2v) is 7.86. The molecule has 0 aliphatic heterocycles. The summed E-state index contributed by atoms with van der Waals surface area (Å²) >= 11 is 1.47. The molecule has 0 aliphatic carbocycles. The number of benzene rings is 1. The van der Waals surface area contributed by atoms with Gasteiger partial charge in [-0.05, 0) is 53.6 Å². The highest BCUT2D eigenvalue weighted by Gasteiger charge is 2.26. The first kappa shape index (κ1) is 21.3. The Morgan fingerprint density at radius 1 is 1.07 bits per heavy atom. The van der Waals surface area contributed by atoms with Crippen LogP contribution in [-0.4, -0.2) is 21.4 Å². The summed E-state index contributed by atoms with van der Waals surface area (Å²) in [6.45, 7) is 3.67. The van der Waals surface area contributed by atoms with Gasteiger partial charge in [-0.25, -0.2) is 0 Å². The molecule has 0 saturated carbocycles. The molecule has 0 amide bonds. The largest absolute Gasteiger partial charge is 0.459 e. The van der Waals surface area contributed by atoms with Gasteiger partial charge in [-0.3, -0.25) is 0 Å². The van der Waals surface area contributed by atoms with Crippen molar-refractivity contribution in [1.29, 1.82) is 0 Å². The Kier molecular flexibility index (Phi) is 7.61. The highest BCUT2D eigenvalue weighted by atomic mass is 32.1. The number of hydrogen-bond donors (Lipinski definition) is 3. The first-order chi connectivity index (χ1) is 14.1. The number of thiophene rings is 1. The van der Waals surface area contributed by atoms with Crippen molar-refractivity contribution >= 4 is 23.0 Å². The lowest BCUT2D eigenvalue weighted by Gasteiger charge is -2.24. The Labute approximate surface area is 175 Å². The van der Waals surface area contributed by atoms with Gasteiger partial charge < -0.3 is 19.7 Å². The van der Waals surface area contributed by atoms with Crippen LogP contribution in [0.3, 0.4) is 0 Å². The van der Waals surface area contributed by atoms with E-state index in [1.165, 1.54) is 11.3 Å². The summed E-state index contributed by atoms with van der Waals surface area (Å²) in [4.78, 5) is 0.819. The first-order valence-electron chi connectivity index (χ1n) is 9.60. The number of furan rings is 1. The van der Waals surface area contributed by atoms with Crippen LogP contribution in [0.4, 0.5) is 0 Å². The van der Waals surface area contributed by atoms with E-state index in [0.717, 1.165) is 16.0 Å². The minimum absolute atomic E-state index is 0.144. The van der Waals surface area contributed by atoms with Crippen LogP contribution in [0.25, 0.3) is 11.6 Å². The summed E-state index contributed by atoms with van der Waals surface area (Å²) in [6.07, 6.45) is 3.11. The molecular formula is C24H26O4S. The van der Waals surface area contributed by atoms with Crippen molar-refractivity contribution in [2.75, 3.05) is 0 Å². The minimum atomic E-state index is -0.774. The summed E-state index contributed by atoms with van der Waals surface area (Å²) in [7, 11) is 0. The fraction of sp³-hybridized carbons (Fsp3) is 0.250. The molecule has 3 N–H and O–H groups in total. The van der Waals surface area contributed by atoms with E-state index in [1.807, 2.05) is 60.0 Å². The third kappa shape index (κ3) is 5.55. The van der Waals surface area contributed by atoms with Crippen LogP contribution in [0.5, 0.6) is 0 Å². The number of allylic oxidation sites excluding steroid dienone is 1. The van der Waals surface area contributed by atoms with Crippen LogP contribution >= 0.6 is 11.3 Å². The maximum atomic E-state index is 10.8. The van der Waals surface area contributed by atoms with E-state index in [2.05, 4.69) is 6.58 Å². The predicted octanol–water partition coefficient (Wildman–Crippen LogP) is 5.05. The summed E-state index contributed by atoms with van der Waals surface area (Å²) in [6, 6.07) is 17.2. The Balaban J connectivity index is 1.76. The van der Waals surface area contributed by atoms with E-state index in [0.29, 0.717) is 24.4 Å². The van der Waals surface area contributed by atoms with E-state index < -0.39 is 18.1 Å². The monoisotopic (exact) mass is 410 g/mol. The maximum Gasteiger partial charge on any atom is 0.130 e. The average Bonchev–Trinajstić information content (AvgIpc) is 3.44. The van der Waals surface area contributed by atoms with Gasteiger partial charge in [0.2, 0.25) is 0 Å². The molecule has 2 heterocycles. The van der Waals surface area contributed by atoms with E-state index in [1.54, 1.807) is 12.1 Å². The molecule has 0 bridgehead atoms. The summed E-state index contributed by atoms with van der Waals surface area (Å²) in [5, 5.41) is 32.5. The molecule has 3 rings (SSSR count). The lowest BCUT2D eigenvalue weighted by molar-refractivity contribution is 0.0343. The van der Waals surface area contributed by atoms with E-state index in [4.69, 9.17) is 4.42 Å². The van der Waals surface area contributed by atoms with Gasteiger partial charge in [0.05, 0.1) is 12.2 Å². The standard InChI is InChI=1S/C24H26O4S/c1-2-21(24(27)23-9-6-14-29-23)22(26)13-10-18(17-7-4-3-5-8-17)15-19-11-12-20(16-25)28-19/h2-9,11-12,14-15,21-22,24-27H,1,10,13,16H2/b18-15-/t21-,22-,24+/m1/s1. The van der Waals surface area contributed by atoms with Crippen molar-refractivity contribution in [1.82, 2.24) is 0 Å². The van der Waals surface area contributed by atoms with Crippen LogP contribution in [0.15, 0.2) is 77.0 Å². The van der Waals surface area contributed by atoms with Crippen molar-refractivity contribution in [3.8, 4) is 0 Å². The molecule has 0 aliphatic rings. The zero-order valence-corrected chi connectivity index (χ0v) is 17.0. The topological polar surface area (TPSA) is 73.8 Å². The van der Waals surface area contributed by atoms with Gasteiger partial charge in [-0.2, -0.15) is 0 Å². The zero-order valence-electron chi connectivity index (χ0n) is 16.1. The minimum Gasteiger partial charge on any atom is -0.459 e. The van der Waals surface area contributed by atoms with Crippen molar-refractivity contribution in [2.45, 2.75) is 31.7 Å². The molecule has 0 saturated heterocycles. The van der Waals surface area contributed by atoms with Gasteiger partial charge in [0, 0.05) is 10.8 Å². The van der Waals surface area contributed by atoms with Gasteiger partial charge in [-0.15, -0.1) is 17.9 Å². The van der Waals surface area contributed by atoms with Crippen molar-refractivity contribution in [2.24, 2.45) is 5.92 Å². The lowest BCUT2D eigenvalue weighted by Crippen LogP contribution is -2.24. The van der Waals surface area contributed by atoms with Crippen molar-refractivity contribution in [3.05, 3.63) is 94.6 Å². The fourth-order valence-electron chi connectivity index (χ4n) is 3.32. The third-order valence-corrected chi connectivity index (χ3v) is 5.87. The van der Waals surface area contributed by atoms with Gasteiger partial charge in [-0.1, -0.05) is 42.5 Å². The molecule has 1 aromatic carbocycles. The average molecular weight is 411 g/mol. The first-order valence-corrected chi connectivity index (χ1v) is 10.5. The number of hydrogen-bond acceptors (Lipinski definition) is 5. The second-order valence-electron chi connectivity index (χ2n) is 6.88. The lowest BCUT2D eigenvalue weighted by atomic mass is 9.89. The zero-order chi connectivity index (χ0) is 20.6. The molecular weight excluding hydrogens is 384 g/mol. The van der Waals surface area contributed by atoms with Crippen LogP contribution < -0.4 is 0 Å².